The molecule has 0 amide bonds. The van der Waals surface area contributed by atoms with Gasteiger partial charge < -0.3 is 24.1 Å². The Morgan fingerprint density at radius 2 is 1.58 bits per heavy atom. The van der Waals surface area contributed by atoms with Crippen LogP contribution in [0.5, 0.6) is 28.9 Å². The van der Waals surface area contributed by atoms with Gasteiger partial charge in [0.05, 0.1) is 46.4 Å². The first kappa shape index (κ1) is 23.5. The second-order valence-corrected chi connectivity index (χ2v) is 6.93. The van der Waals surface area contributed by atoms with Crippen molar-refractivity contribution in [1.82, 2.24) is 9.55 Å². The van der Waals surface area contributed by atoms with Crippen LogP contribution in [0.15, 0.2) is 51.0 Å². The van der Waals surface area contributed by atoms with Gasteiger partial charge in [0.2, 0.25) is 11.6 Å². The molecule has 0 aliphatic carbocycles. The highest BCUT2D eigenvalue weighted by Gasteiger charge is 2.18. The van der Waals surface area contributed by atoms with Crippen molar-refractivity contribution in [3.8, 4) is 34.6 Å². The number of aromatic hydroxyl groups is 1. The van der Waals surface area contributed by atoms with E-state index in [1.54, 1.807) is 43.3 Å². The van der Waals surface area contributed by atoms with E-state index in [1.807, 2.05) is 0 Å². The monoisotopic (exact) mass is 455 g/mol. The van der Waals surface area contributed by atoms with E-state index in [-0.39, 0.29) is 17.8 Å². The van der Waals surface area contributed by atoms with Crippen molar-refractivity contribution in [3.63, 3.8) is 0 Å². The summed E-state index contributed by atoms with van der Waals surface area (Å²) in [5.74, 6) is 1.45. The second kappa shape index (κ2) is 9.94. The third-order valence-electron chi connectivity index (χ3n) is 5.00. The van der Waals surface area contributed by atoms with Gasteiger partial charge in [0, 0.05) is 0 Å². The predicted octanol–water partition coefficient (Wildman–Crippen LogP) is 2.28. The molecule has 33 heavy (non-hydrogen) atoms. The van der Waals surface area contributed by atoms with Crippen LogP contribution < -0.4 is 30.2 Å². The highest BCUT2D eigenvalue weighted by molar-refractivity contribution is 6.00. The number of rotatable bonds is 8. The van der Waals surface area contributed by atoms with Crippen molar-refractivity contribution in [2.24, 2.45) is 4.99 Å². The van der Waals surface area contributed by atoms with E-state index >= 15 is 0 Å². The fourth-order valence-electron chi connectivity index (χ4n) is 3.34. The largest absolute Gasteiger partial charge is 0.497 e. The molecule has 0 radical (unpaired) electrons. The number of ether oxygens (including phenoxy) is 4. The Labute approximate surface area is 189 Å². The number of H-pyrrole nitrogens is 1. The lowest BCUT2D eigenvalue weighted by Gasteiger charge is -2.14. The van der Waals surface area contributed by atoms with Gasteiger partial charge in [0.25, 0.3) is 5.56 Å². The zero-order valence-corrected chi connectivity index (χ0v) is 19.0. The minimum absolute atomic E-state index is 0.113. The van der Waals surface area contributed by atoms with Crippen LogP contribution in [0.2, 0.25) is 0 Å². The van der Waals surface area contributed by atoms with Crippen LogP contribution in [0, 0.1) is 0 Å². The minimum Gasteiger partial charge on any atom is -0.497 e. The third kappa shape index (κ3) is 4.69. The molecule has 3 rings (SSSR count). The lowest BCUT2D eigenvalue weighted by Crippen LogP contribution is -2.32. The van der Waals surface area contributed by atoms with Gasteiger partial charge in [-0.3, -0.25) is 14.8 Å². The Morgan fingerprint density at radius 1 is 0.970 bits per heavy atom. The maximum absolute atomic E-state index is 12.5. The molecule has 10 nitrogen and oxygen atoms in total. The number of benzene rings is 2. The van der Waals surface area contributed by atoms with Crippen LogP contribution >= 0.6 is 0 Å². The standard InChI is InChI=1S/C23H25N3O7/c1-13(24-12-14-10-17(31-3)20(33-5)18(11-14)32-4)19-21(27)25-23(29)26(22(19)28)15-6-8-16(30-2)9-7-15/h6-11,28H,12H2,1-5H3,(H,25,27,29). The molecule has 0 aliphatic heterocycles. The first-order chi connectivity index (χ1) is 15.8. The van der Waals surface area contributed by atoms with Gasteiger partial charge in [-0.15, -0.1) is 0 Å². The Bertz CT molecular complexity index is 1270. The summed E-state index contributed by atoms with van der Waals surface area (Å²) in [5.41, 5.74) is -0.309. The molecule has 3 aromatic rings. The van der Waals surface area contributed by atoms with Crippen LogP contribution in [-0.4, -0.2) is 48.8 Å². The SMILES string of the molecule is COc1ccc(-n2c(O)c(C(C)=NCc3cc(OC)c(OC)c(OC)c3)c(=O)[nH]c2=O)cc1. The van der Waals surface area contributed by atoms with Gasteiger partial charge >= 0.3 is 5.69 Å². The van der Waals surface area contributed by atoms with Crippen molar-refractivity contribution < 1.29 is 24.1 Å². The Balaban J connectivity index is 2.03. The molecule has 1 heterocycles. The molecule has 0 saturated heterocycles. The lowest BCUT2D eigenvalue weighted by atomic mass is 10.1. The summed E-state index contributed by atoms with van der Waals surface area (Å²) < 4.78 is 22.1. The molecule has 10 heteroatoms. The fourth-order valence-corrected chi connectivity index (χ4v) is 3.34. The number of hydrogen-bond acceptors (Lipinski definition) is 8. The normalized spacial score (nSPS) is 11.2. The number of hydrogen-bond donors (Lipinski definition) is 2. The highest BCUT2D eigenvalue weighted by Crippen LogP contribution is 2.38. The van der Waals surface area contributed by atoms with Gasteiger partial charge in [0.1, 0.15) is 11.3 Å². The molecule has 0 spiro atoms. The van der Waals surface area contributed by atoms with Crippen LogP contribution in [-0.2, 0) is 6.54 Å². The van der Waals surface area contributed by atoms with Gasteiger partial charge in [0.15, 0.2) is 11.5 Å². The van der Waals surface area contributed by atoms with Crippen molar-refractivity contribution in [3.05, 3.63) is 68.4 Å². The first-order valence-electron chi connectivity index (χ1n) is 9.87. The van der Waals surface area contributed by atoms with Crippen LogP contribution in [0.25, 0.3) is 5.69 Å². The fraction of sp³-hybridized carbons (Fsp3) is 0.261. The van der Waals surface area contributed by atoms with E-state index in [2.05, 4.69) is 9.98 Å². The molecule has 1 aromatic heterocycles. The van der Waals surface area contributed by atoms with Gasteiger partial charge in [-0.2, -0.15) is 0 Å². The molecule has 0 saturated carbocycles. The van der Waals surface area contributed by atoms with E-state index in [0.717, 1.165) is 10.1 Å². The van der Waals surface area contributed by atoms with Crippen molar-refractivity contribution in [1.29, 1.82) is 0 Å². The topological polar surface area (TPSA) is 124 Å². The summed E-state index contributed by atoms with van der Waals surface area (Å²) in [7, 11) is 6.05. The second-order valence-electron chi connectivity index (χ2n) is 6.93. The summed E-state index contributed by atoms with van der Waals surface area (Å²) in [6.07, 6.45) is 0. The lowest BCUT2D eigenvalue weighted by molar-refractivity contribution is 0.324. The summed E-state index contributed by atoms with van der Waals surface area (Å²) in [4.78, 5) is 31.6. The molecule has 0 aliphatic rings. The van der Waals surface area contributed by atoms with Crippen LogP contribution in [0.4, 0.5) is 0 Å². The molecule has 0 unspecified atom stereocenters. The Morgan fingerprint density at radius 3 is 2.09 bits per heavy atom. The number of aromatic amines is 1. The molecule has 2 N–H and O–H groups in total. The Hall–Kier alpha value is -4.21. The maximum Gasteiger partial charge on any atom is 0.335 e. The average Bonchev–Trinajstić information content (AvgIpc) is 2.81. The molecule has 2 aromatic carbocycles. The van der Waals surface area contributed by atoms with Crippen molar-refractivity contribution in [2.45, 2.75) is 13.5 Å². The summed E-state index contributed by atoms with van der Waals surface area (Å²) >= 11 is 0. The minimum atomic E-state index is -0.774. The Kier molecular flexibility index (Phi) is 7.07. The smallest absolute Gasteiger partial charge is 0.335 e. The van der Waals surface area contributed by atoms with Gasteiger partial charge in [-0.05, 0) is 48.9 Å². The first-order valence-corrected chi connectivity index (χ1v) is 9.87. The van der Waals surface area contributed by atoms with E-state index in [1.165, 1.54) is 28.4 Å². The van der Waals surface area contributed by atoms with Gasteiger partial charge in [-0.1, -0.05) is 0 Å². The number of nitrogens with zero attached hydrogens (tertiary/aromatic N) is 2. The third-order valence-corrected chi connectivity index (χ3v) is 5.00. The maximum atomic E-state index is 12.5. The highest BCUT2D eigenvalue weighted by atomic mass is 16.5. The van der Waals surface area contributed by atoms with Crippen LogP contribution in [0.1, 0.15) is 18.1 Å². The zero-order chi connectivity index (χ0) is 24.1. The number of nitrogens with one attached hydrogen (secondary N) is 1. The van der Waals surface area contributed by atoms with E-state index in [0.29, 0.717) is 28.7 Å². The molecule has 0 fully saturated rings. The summed E-state index contributed by atoms with van der Waals surface area (Å²) in [5, 5.41) is 10.8. The molecule has 174 valence electrons. The van der Waals surface area contributed by atoms with Gasteiger partial charge in [-0.25, -0.2) is 9.36 Å². The van der Waals surface area contributed by atoms with E-state index in [9.17, 15) is 14.7 Å². The van der Waals surface area contributed by atoms with E-state index < -0.39 is 17.1 Å². The predicted molar refractivity (Wildman–Crippen MR) is 123 cm³/mol. The zero-order valence-electron chi connectivity index (χ0n) is 19.0. The molecule has 0 bridgehead atoms. The van der Waals surface area contributed by atoms with Crippen LogP contribution in [0.3, 0.4) is 0 Å². The van der Waals surface area contributed by atoms with Crippen molar-refractivity contribution in [2.75, 3.05) is 28.4 Å². The number of aromatic nitrogens is 2. The quantitative estimate of drug-likeness (QED) is 0.499. The number of methoxy groups -OCH3 is 4. The summed E-state index contributed by atoms with van der Waals surface area (Å²) in [6, 6.07) is 9.92. The average molecular weight is 455 g/mol. The van der Waals surface area contributed by atoms with E-state index in [4.69, 9.17) is 18.9 Å². The summed E-state index contributed by atoms with van der Waals surface area (Å²) in [6.45, 7) is 1.73. The number of aliphatic imine (C=N–C) groups is 1. The molecular weight excluding hydrogens is 430 g/mol. The molecule has 0 atom stereocenters. The molecular formula is C23H25N3O7. The van der Waals surface area contributed by atoms with Crippen molar-refractivity contribution >= 4 is 5.71 Å².